The zero-order chi connectivity index (χ0) is 14.7. The lowest BCUT2D eigenvalue weighted by atomic mass is 9.88. The fourth-order valence-corrected chi connectivity index (χ4v) is 3.27. The normalized spacial score (nSPS) is 31.0. The van der Waals surface area contributed by atoms with Crippen LogP contribution in [0.2, 0.25) is 0 Å². The SMILES string of the molecule is O[C@H]1[C@H](Oc2cccc(F)c2)CCC[C@@H]1N1CCOCC1. The van der Waals surface area contributed by atoms with Crippen LogP contribution in [-0.2, 0) is 4.74 Å². The average molecular weight is 295 g/mol. The van der Waals surface area contributed by atoms with Gasteiger partial charge in [-0.1, -0.05) is 6.07 Å². The van der Waals surface area contributed by atoms with Crippen molar-refractivity contribution in [2.75, 3.05) is 26.3 Å². The Morgan fingerprint density at radius 2 is 2.05 bits per heavy atom. The van der Waals surface area contributed by atoms with Crippen LogP contribution in [0.4, 0.5) is 4.39 Å². The molecular weight excluding hydrogens is 273 g/mol. The summed E-state index contributed by atoms with van der Waals surface area (Å²) in [5.74, 6) is 0.171. The van der Waals surface area contributed by atoms with Gasteiger partial charge in [-0.2, -0.15) is 0 Å². The Labute approximate surface area is 124 Å². The maximum atomic E-state index is 13.2. The molecule has 0 radical (unpaired) electrons. The summed E-state index contributed by atoms with van der Waals surface area (Å²) in [6, 6.07) is 6.22. The monoisotopic (exact) mass is 295 g/mol. The number of ether oxygens (including phenoxy) is 2. The lowest BCUT2D eigenvalue weighted by Gasteiger charge is -2.42. The molecule has 21 heavy (non-hydrogen) atoms. The van der Waals surface area contributed by atoms with Crippen molar-refractivity contribution in [1.82, 2.24) is 4.90 Å². The molecule has 1 N–H and O–H groups in total. The van der Waals surface area contributed by atoms with Crippen LogP contribution in [-0.4, -0.2) is 54.6 Å². The maximum absolute atomic E-state index is 13.2. The molecule has 1 aromatic rings. The number of nitrogens with zero attached hydrogens (tertiary/aromatic N) is 1. The maximum Gasteiger partial charge on any atom is 0.126 e. The van der Waals surface area contributed by atoms with Crippen LogP contribution in [0.3, 0.4) is 0 Å². The van der Waals surface area contributed by atoms with Gasteiger partial charge in [0.1, 0.15) is 23.8 Å². The van der Waals surface area contributed by atoms with Crippen LogP contribution in [0, 0.1) is 5.82 Å². The third-order valence-electron chi connectivity index (χ3n) is 4.36. The number of aliphatic hydroxyl groups is 1. The molecule has 1 heterocycles. The van der Waals surface area contributed by atoms with Crippen LogP contribution in [0.5, 0.6) is 5.75 Å². The molecule has 5 heteroatoms. The summed E-state index contributed by atoms with van der Waals surface area (Å²) >= 11 is 0. The molecule has 0 unspecified atom stereocenters. The van der Waals surface area contributed by atoms with E-state index in [1.807, 2.05) is 0 Å². The van der Waals surface area contributed by atoms with E-state index in [9.17, 15) is 9.50 Å². The molecule has 0 bridgehead atoms. The number of rotatable bonds is 3. The standard InChI is InChI=1S/C16H22FNO3/c17-12-3-1-4-13(11-12)21-15-6-2-5-14(16(15)19)18-7-9-20-10-8-18/h1,3-4,11,14-16,19H,2,5-10H2/t14-,15+,16+/m0/s1. The van der Waals surface area contributed by atoms with Gasteiger partial charge in [-0.15, -0.1) is 0 Å². The first-order valence-corrected chi connectivity index (χ1v) is 7.66. The van der Waals surface area contributed by atoms with Gasteiger partial charge < -0.3 is 14.6 Å². The quantitative estimate of drug-likeness (QED) is 0.923. The zero-order valence-electron chi connectivity index (χ0n) is 12.1. The Balaban J connectivity index is 1.65. The summed E-state index contributed by atoms with van der Waals surface area (Å²) in [5, 5.41) is 10.6. The van der Waals surface area contributed by atoms with Gasteiger partial charge in [0.25, 0.3) is 0 Å². The van der Waals surface area contributed by atoms with E-state index < -0.39 is 6.10 Å². The topological polar surface area (TPSA) is 41.9 Å². The summed E-state index contributed by atoms with van der Waals surface area (Å²) in [6.45, 7) is 3.15. The Morgan fingerprint density at radius 1 is 1.24 bits per heavy atom. The van der Waals surface area contributed by atoms with Crippen molar-refractivity contribution >= 4 is 0 Å². The second-order valence-corrected chi connectivity index (χ2v) is 5.75. The fourth-order valence-electron chi connectivity index (χ4n) is 3.27. The Hall–Kier alpha value is -1.17. The minimum Gasteiger partial charge on any atom is -0.488 e. The zero-order valence-corrected chi connectivity index (χ0v) is 12.1. The number of hydrogen-bond acceptors (Lipinski definition) is 4. The lowest BCUT2D eigenvalue weighted by molar-refractivity contribution is -0.0775. The highest BCUT2D eigenvalue weighted by Gasteiger charge is 2.37. The van der Waals surface area contributed by atoms with E-state index in [4.69, 9.17) is 9.47 Å². The van der Waals surface area contributed by atoms with Crippen molar-refractivity contribution in [3.05, 3.63) is 30.1 Å². The first kappa shape index (κ1) is 14.8. The van der Waals surface area contributed by atoms with E-state index in [0.29, 0.717) is 5.75 Å². The highest BCUT2D eigenvalue weighted by Crippen LogP contribution is 2.28. The predicted molar refractivity (Wildman–Crippen MR) is 76.9 cm³/mol. The molecule has 116 valence electrons. The molecule has 1 aromatic carbocycles. The van der Waals surface area contributed by atoms with Gasteiger partial charge in [0.15, 0.2) is 0 Å². The first-order valence-electron chi connectivity index (χ1n) is 7.66. The minimum absolute atomic E-state index is 0.112. The molecule has 3 atom stereocenters. The second kappa shape index (κ2) is 6.73. The smallest absolute Gasteiger partial charge is 0.126 e. The van der Waals surface area contributed by atoms with Crippen LogP contribution in [0.15, 0.2) is 24.3 Å². The van der Waals surface area contributed by atoms with Gasteiger partial charge in [0, 0.05) is 25.2 Å². The number of morpholine rings is 1. The summed E-state index contributed by atoms with van der Waals surface area (Å²) in [6.07, 6.45) is 1.98. The molecule has 1 saturated heterocycles. The highest BCUT2D eigenvalue weighted by molar-refractivity contribution is 5.23. The summed E-state index contributed by atoms with van der Waals surface area (Å²) < 4.78 is 24.4. The minimum atomic E-state index is -0.542. The molecule has 0 aromatic heterocycles. The third kappa shape index (κ3) is 3.54. The Kier molecular flexibility index (Phi) is 4.73. The molecular formula is C16H22FNO3. The van der Waals surface area contributed by atoms with Gasteiger partial charge in [0.05, 0.1) is 13.2 Å². The van der Waals surface area contributed by atoms with Crippen molar-refractivity contribution in [3.8, 4) is 5.75 Å². The van der Waals surface area contributed by atoms with Crippen molar-refractivity contribution in [2.24, 2.45) is 0 Å². The van der Waals surface area contributed by atoms with E-state index in [0.717, 1.165) is 45.6 Å². The Bertz CT molecular complexity index is 465. The van der Waals surface area contributed by atoms with Crippen LogP contribution >= 0.6 is 0 Å². The number of hydrogen-bond donors (Lipinski definition) is 1. The molecule has 3 rings (SSSR count). The van der Waals surface area contributed by atoms with E-state index in [2.05, 4.69) is 4.90 Å². The number of aliphatic hydroxyl groups excluding tert-OH is 1. The Morgan fingerprint density at radius 3 is 2.81 bits per heavy atom. The predicted octanol–water partition coefficient (Wildman–Crippen LogP) is 1.82. The summed E-state index contributed by atoms with van der Waals surface area (Å²) in [4.78, 5) is 2.29. The van der Waals surface area contributed by atoms with E-state index in [-0.39, 0.29) is 18.0 Å². The van der Waals surface area contributed by atoms with Gasteiger partial charge in [-0.3, -0.25) is 4.90 Å². The van der Waals surface area contributed by atoms with Gasteiger partial charge >= 0.3 is 0 Å². The first-order chi connectivity index (χ1) is 10.2. The highest BCUT2D eigenvalue weighted by atomic mass is 19.1. The molecule has 4 nitrogen and oxygen atoms in total. The molecule has 2 fully saturated rings. The van der Waals surface area contributed by atoms with Gasteiger partial charge in [0.2, 0.25) is 0 Å². The lowest BCUT2D eigenvalue weighted by Crippen LogP contribution is -2.55. The second-order valence-electron chi connectivity index (χ2n) is 5.75. The van der Waals surface area contributed by atoms with Gasteiger partial charge in [-0.05, 0) is 31.4 Å². The average Bonchev–Trinajstić information content (AvgIpc) is 2.50. The van der Waals surface area contributed by atoms with Crippen molar-refractivity contribution in [3.63, 3.8) is 0 Å². The molecule has 1 aliphatic heterocycles. The molecule has 0 spiro atoms. The summed E-state index contributed by atoms with van der Waals surface area (Å²) in [5.41, 5.74) is 0. The molecule has 2 aliphatic rings. The third-order valence-corrected chi connectivity index (χ3v) is 4.36. The number of benzene rings is 1. The molecule has 1 aliphatic carbocycles. The van der Waals surface area contributed by atoms with Crippen molar-refractivity contribution in [2.45, 2.75) is 37.5 Å². The van der Waals surface area contributed by atoms with Crippen molar-refractivity contribution in [1.29, 1.82) is 0 Å². The van der Waals surface area contributed by atoms with E-state index in [1.54, 1.807) is 12.1 Å². The van der Waals surface area contributed by atoms with Crippen molar-refractivity contribution < 1.29 is 19.0 Å². The summed E-state index contributed by atoms with van der Waals surface area (Å²) in [7, 11) is 0. The van der Waals surface area contributed by atoms with Crippen LogP contribution in [0.1, 0.15) is 19.3 Å². The molecule has 1 saturated carbocycles. The van der Waals surface area contributed by atoms with Crippen LogP contribution in [0.25, 0.3) is 0 Å². The van der Waals surface area contributed by atoms with E-state index >= 15 is 0 Å². The molecule has 0 amide bonds. The van der Waals surface area contributed by atoms with Gasteiger partial charge in [-0.25, -0.2) is 4.39 Å². The van der Waals surface area contributed by atoms with Crippen LogP contribution < -0.4 is 4.74 Å². The van der Waals surface area contributed by atoms with E-state index in [1.165, 1.54) is 12.1 Å². The largest absolute Gasteiger partial charge is 0.488 e. The fraction of sp³-hybridized carbons (Fsp3) is 0.625. The number of halogens is 1.